The third kappa shape index (κ3) is 2.23. The number of alkyl halides is 4. The molecular weight excluding hydrogens is 214 g/mol. The van der Waals surface area contributed by atoms with Gasteiger partial charge >= 0.3 is 6.18 Å². The maximum absolute atomic E-state index is 12.9. The zero-order chi connectivity index (χ0) is 12.7. The quantitative estimate of drug-likeness (QED) is 0.630. The highest BCUT2D eigenvalue weighted by Gasteiger charge is 2.54. The Labute approximate surface area is 86.6 Å². The molecule has 1 aliphatic heterocycles. The summed E-state index contributed by atoms with van der Waals surface area (Å²) in [4.78, 5) is 12.3. The second-order valence-electron chi connectivity index (χ2n) is 4.08. The highest BCUT2D eigenvalue weighted by Crippen LogP contribution is 2.39. The van der Waals surface area contributed by atoms with Crippen molar-refractivity contribution in [3.63, 3.8) is 0 Å². The van der Waals surface area contributed by atoms with Gasteiger partial charge in [-0.15, -0.1) is 0 Å². The van der Waals surface area contributed by atoms with E-state index in [1.165, 1.54) is 0 Å². The Bertz CT molecular complexity index is 282. The summed E-state index contributed by atoms with van der Waals surface area (Å²) >= 11 is 0. The molecule has 0 aromatic carbocycles. The van der Waals surface area contributed by atoms with E-state index in [9.17, 15) is 22.4 Å². The number of rotatable bonds is 1. The molecule has 0 aromatic rings. The lowest BCUT2D eigenvalue weighted by Gasteiger charge is -2.30. The highest BCUT2D eigenvalue weighted by molar-refractivity contribution is 5.83. The van der Waals surface area contributed by atoms with Crippen LogP contribution in [0.5, 0.6) is 0 Å². The molecule has 0 aromatic heterocycles. The van der Waals surface area contributed by atoms with Crippen LogP contribution in [-0.4, -0.2) is 36.2 Å². The summed E-state index contributed by atoms with van der Waals surface area (Å²) in [5, 5.41) is 0. The van der Waals surface area contributed by atoms with Crippen molar-refractivity contribution in [1.82, 2.24) is 4.90 Å². The van der Waals surface area contributed by atoms with Crippen LogP contribution < -0.4 is 0 Å². The minimum atomic E-state index is -4.67. The largest absolute Gasteiger partial charge is 0.402 e. The summed E-state index contributed by atoms with van der Waals surface area (Å²) in [6.45, 7) is 0.825. The SMILES string of the molecule is [2H][C@@H]1CN(C(=O)C(C)(C)C(F)(F)F)C[C@H]1F. The molecule has 15 heavy (non-hydrogen) atoms. The molecule has 0 aliphatic carbocycles. The zero-order valence-electron chi connectivity index (χ0n) is 9.44. The van der Waals surface area contributed by atoms with E-state index in [-0.39, 0.29) is 6.54 Å². The summed E-state index contributed by atoms with van der Waals surface area (Å²) < 4.78 is 57.8. The molecule has 0 spiro atoms. The van der Waals surface area contributed by atoms with Crippen LogP contribution in [0.1, 0.15) is 21.6 Å². The molecule has 1 fully saturated rings. The zero-order valence-corrected chi connectivity index (χ0v) is 8.44. The summed E-state index contributed by atoms with van der Waals surface area (Å²) in [5.41, 5.74) is -2.53. The van der Waals surface area contributed by atoms with E-state index in [4.69, 9.17) is 1.37 Å². The predicted molar refractivity (Wildman–Crippen MR) is 45.9 cm³/mol. The molecule has 2 atom stereocenters. The van der Waals surface area contributed by atoms with E-state index in [2.05, 4.69) is 0 Å². The average Bonchev–Trinajstić information content (AvgIpc) is 2.43. The monoisotopic (exact) mass is 228 g/mol. The van der Waals surface area contributed by atoms with E-state index in [0.717, 1.165) is 18.7 Å². The molecule has 1 amide bonds. The van der Waals surface area contributed by atoms with Crippen LogP contribution in [0, 0.1) is 5.41 Å². The second-order valence-corrected chi connectivity index (χ2v) is 4.08. The van der Waals surface area contributed by atoms with Crippen LogP contribution in [0.15, 0.2) is 0 Å². The number of carbonyl (C=O) groups is 1. The summed E-state index contributed by atoms with van der Waals surface area (Å²) in [6, 6.07) is 0. The number of hydrogen-bond donors (Lipinski definition) is 0. The van der Waals surface area contributed by atoms with Crippen molar-refractivity contribution < 1.29 is 23.7 Å². The van der Waals surface area contributed by atoms with Crippen LogP contribution in [0.25, 0.3) is 0 Å². The van der Waals surface area contributed by atoms with E-state index >= 15 is 0 Å². The van der Waals surface area contributed by atoms with Crippen molar-refractivity contribution in [2.75, 3.05) is 13.1 Å². The second kappa shape index (κ2) is 3.64. The fourth-order valence-corrected chi connectivity index (χ4v) is 1.28. The molecule has 6 heteroatoms. The van der Waals surface area contributed by atoms with Crippen molar-refractivity contribution in [3.05, 3.63) is 0 Å². The number of nitrogens with zero attached hydrogens (tertiary/aromatic N) is 1. The van der Waals surface area contributed by atoms with Gasteiger partial charge in [0.2, 0.25) is 5.91 Å². The summed E-state index contributed by atoms with van der Waals surface area (Å²) in [7, 11) is 0. The molecule has 0 radical (unpaired) electrons. The molecule has 88 valence electrons. The van der Waals surface area contributed by atoms with Gasteiger partial charge in [-0.1, -0.05) is 0 Å². The van der Waals surface area contributed by atoms with Crippen LogP contribution in [0.3, 0.4) is 0 Å². The first-order valence-corrected chi connectivity index (χ1v) is 4.50. The lowest BCUT2D eigenvalue weighted by molar-refractivity contribution is -0.216. The first-order chi connectivity index (χ1) is 7.07. The van der Waals surface area contributed by atoms with Gasteiger partial charge in [0.25, 0.3) is 0 Å². The standard InChI is InChI=1S/C9H13F4NO/c1-8(2,9(11,12)13)7(15)14-4-3-6(10)5-14/h6H,3-5H2,1-2H3/t6-/m0/s1/i3D/t3-,6+/m1. The first-order valence-electron chi connectivity index (χ1n) is 5.07. The number of likely N-dealkylation sites (tertiary alicyclic amines) is 1. The minimum absolute atomic E-state index is 0.278. The van der Waals surface area contributed by atoms with E-state index in [1.54, 1.807) is 0 Å². The Kier molecular flexibility index (Phi) is 2.60. The van der Waals surface area contributed by atoms with Crippen molar-refractivity contribution in [3.8, 4) is 0 Å². The first kappa shape index (κ1) is 10.7. The molecule has 0 saturated carbocycles. The van der Waals surface area contributed by atoms with Gasteiger partial charge in [-0.05, 0) is 20.2 Å². The Morgan fingerprint density at radius 3 is 2.33 bits per heavy atom. The number of amides is 1. The highest BCUT2D eigenvalue weighted by atomic mass is 19.4. The Hall–Kier alpha value is -0.810. The maximum atomic E-state index is 12.9. The summed E-state index contributed by atoms with van der Waals surface area (Å²) in [5.74, 6) is -1.17. The van der Waals surface area contributed by atoms with Crippen LogP contribution >= 0.6 is 0 Å². The lowest BCUT2D eigenvalue weighted by Crippen LogP contribution is -2.48. The normalized spacial score (nSPS) is 29.2. The van der Waals surface area contributed by atoms with Gasteiger partial charge in [-0.25, -0.2) is 4.39 Å². The molecule has 1 heterocycles. The van der Waals surface area contributed by atoms with E-state index in [1.807, 2.05) is 0 Å². The van der Waals surface area contributed by atoms with Gasteiger partial charge in [0.1, 0.15) is 11.6 Å². The van der Waals surface area contributed by atoms with Gasteiger partial charge in [-0.2, -0.15) is 13.2 Å². The third-order valence-corrected chi connectivity index (χ3v) is 2.51. The molecule has 0 bridgehead atoms. The average molecular weight is 228 g/mol. The molecule has 0 unspecified atom stereocenters. The van der Waals surface area contributed by atoms with E-state index < -0.39 is 36.6 Å². The number of halogens is 4. The van der Waals surface area contributed by atoms with Crippen molar-refractivity contribution in [2.45, 2.75) is 32.6 Å². The Morgan fingerprint density at radius 1 is 1.47 bits per heavy atom. The van der Waals surface area contributed by atoms with Crippen LogP contribution in [0.2, 0.25) is 0 Å². The lowest BCUT2D eigenvalue weighted by atomic mass is 9.91. The molecule has 1 aliphatic rings. The molecule has 1 saturated heterocycles. The van der Waals surface area contributed by atoms with Crippen molar-refractivity contribution in [2.24, 2.45) is 5.41 Å². The van der Waals surface area contributed by atoms with Gasteiger partial charge in [-0.3, -0.25) is 4.79 Å². The Morgan fingerprint density at radius 2 is 2.00 bits per heavy atom. The van der Waals surface area contributed by atoms with Crippen molar-refractivity contribution in [1.29, 1.82) is 0 Å². The predicted octanol–water partition coefficient (Wildman–Crippen LogP) is 2.15. The molecule has 1 rings (SSSR count). The third-order valence-electron chi connectivity index (χ3n) is 2.51. The molecular formula is C9H13F4NO. The molecule has 2 nitrogen and oxygen atoms in total. The Balaban J connectivity index is 2.80. The van der Waals surface area contributed by atoms with Crippen LogP contribution in [-0.2, 0) is 4.79 Å². The van der Waals surface area contributed by atoms with E-state index in [0.29, 0.717) is 0 Å². The van der Waals surface area contributed by atoms with Crippen LogP contribution in [0.4, 0.5) is 17.6 Å². The number of hydrogen-bond acceptors (Lipinski definition) is 1. The fourth-order valence-electron chi connectivity index (χ4n) is 1.28. The molecule has 0 N–H and O–H groups in total. The van der Waals surface area contributed by atoms with Gasteiger partial charge < -0.3 is 4.90 Å². The fraction of sp³-hybridized carbons (Fsp3) is 0.889. The summed E-state index contributed by atoms with van der Waals surface area (Å²) in [6.07, 6.45) is -7.38. The van der Waals surface area contributed by atoms with Gasteiger partial charge in [0.15, 0.2) is 0 Å². The smallest absolute Gasteiger partial charge is 0.339 e. The van der Waals surface area contributed by atoms with Crippen molar-refractivity contribution >= 4 is 5.91 Å². The minimum Gasteiger partial charge on any atom is -0.339 e. The maximum Gasteiger partial charge on any atom is 0.402 e. The number of carbonyl (C=O) groups excluding carboxylic acids is 1. The topological polar surface area (TPSA) is 20.3 Å². The van der Waals surface area contributed by atoms with Gasteiger partial charge in [0.05, 0.1) is 6.54 Å². The van der Waals surface area contributed by atoms with Gasteiger partial charge in [0, 0.05) is 7.92 Å².